The van der Waals surface area contributed by atoms with E-state index in [1.165, 1.54) is 24.0 Å². The lowest BCUT2D eigenvalue weighted by Gasteiger charge is -2.19. The van der Waals surface area contributed by atoms with E-state index in [1.54, 1.807) is 0 Å². The Morgan fingerprint density at radius 1 is 1.14 bits per heavy atom. The molecule has 0 aliphatic heterocycles. The first-order valence-corrected chi connectivity index (χ1v) is 8.54. The maximum Gasteiger partial charge on any atom is 0.0589 e. The monoisotopic (exact) mass is 365 g/mol. The van der Waals surface area contributed by atoms with Crippen LogP contribution >= 0.6 is 27.5 Å². The van der Waals surface area contributed by atoms with E-state index in [0.717, 1.165) is 21.5 Å². The second-order valence-electron chi connectivity index (χ2n) is 5.23. The summed E-state index contributed by atoms with van der Waals surface area (Å²) in [6.45, 7) is 2.22. The van der Waals surface area contributed by atoms with Crippen molar-refractivity contribution < 1.29 is 0 Å². The highest BCUT2D eigenvalue weighted by molar-refractivity contribution is 9.10. The van der Waals surface area contributed by atoms with E-state index >= 15 is 0 Å². The van der Waals surface area contributed by atoms with Gasteiger partial charge < -0.3 is 5.32 Å². The zero-order valence-electron chi connectivity index (χ0n) is 12.5. The molecule has 0 saturated carbocycles. The summed E-state index contributed by atoms with van der Waals surface area (Å²) in [6.07, 6.45) is 3.62. The van der Waals surface area contributed by atoms with E-state index in [9.17, 15) is 0 Å². The van der Waals surface area contributed by atoms with Crippen LogP contribution in [-0.4, -0.2) is 7.05 Å². The van der Waals surface area contributed by atoms with Gasteiger partial charge in [0.2, 0.25) is 0 Å². The molecule has 3 heteroatoms. The van der Waals surface area contributed by atoms with Gasteiger partial charge in [0.15, 0.2) is 0 Å². The highest BCUT2D eigenvalue weighted by Crippen LogP contribution is 2.30. The smallest absolute Gasteiger partial charge is 0.0589 e. The highest BCUT2D eigenvalue weighted by atomic mass is 79.9. The van der Waals surface area contributed by atoms with Crippen molar-refractivity contribution in [3.8, 4) is 0 Å². The lowest BCUT2D eigenvalue weighted by Crippen LogP contribution is -2.18. The first-order chi connectivity index (χ1) is 10.2. The standard InChI is InChI=1S/C18H21BrClN/c1-3-4-5-13-6-8-14(9-7-13)18(21-2)16-12-15(19)10-11-17(16)20/h6-12,18,21H,3-5H2,1-2H3. The first-order valence-electron chi connectivity index (χ1n) is 7.36. The van der Waals surface area contributed by atoms with Gasteiger partial charge in [-0.05, 0) is 54.8 Å². The van der Waals surface area contributed by atoms with Crippen molar-refractivity contribution in [3.05, 3.63) is 68.7 Å². The minimum absolute atomic E-state index is 0.107. The second kappa shape index (κ2) is 7.98. The molecule has 0 aromatic heterocycles. The molecular formula is C18H21BrClN. The van der Waals surface area contributed by atoms with Gasteiger partial charge in [-0.25, -0.2) is 0 Å². The van der Waals surface area contributed by atoms with E-state index < -0.39 is 0 Å². The van der Waals surface area contributed by atoms with Crippen LogP contribution in [0.5, 0.6) is 0 Å². The lowest BCUT2D eigenvalue weighted by atomic mass is 9.97. The predicted octanol–water partition coefficient (Wildman–Crippen LogP) is 5.75. The third-order valence-electron chi connectivity index (χ3n) is 3.69. The topological polar surface area (TPSA) is 12.0 Å². The SMILES string of the molecule is CCCCc1ccc(C(NC)c2cc(Br)ccc2Cl)cc1. The van der Waals surface area contributed by atoms with Gasteiger partial charge in [-0.3, -0.25) is 0 Å². The highest BCUT2D eigenvalue weighted by Gasteiger charge is 2.15. The number of hydrogen-bond donors (Lipinski definition) is 1. The number of halogens is 2. The van der Waals surface area contributed by atoms with Crippen LogP contribution in [-0.2, 0) is 6.42 Å². The van der Waals surface area contributed by atoms with E-state index in [1.807, 2.05) is 19.2 Å². The molecule has 0 bridgehead atoms. The van der Waals surface area contributed by atoms with Crippen LogP contribution in [0, 0.1) is 0 Å². The molecule has 0 fully saturated rings. The van der Waals surface area contributed by atoms with Crippen LogP contribution < -0.4 is 5.32 Å². The number of hydrogen-bond acceptors (Lipinski definition) is 1. The zero-order valence-corrected chi connectivity index (χ0v) is 14.8. The van der Waals surface area contributed by atoms with Crippen LogP contribution in [0.25, 0.3) is 0 Å². The molecule has 1 unspecified atom stereocenters. The first kappa shape index (κ1) is 16.5. The van der Waals surface area contributed by atoms with E-state index in [-0.39, 0.29) is 6.04 Å². The molecule has 2 aromatic rings. The van der Waals surface area contributed by atoms with Gasteiger partial charge in [-0.1, -0.05) is 65.1 Å². The molecule has 0 amide bonds. The van der Waals surface area contributed by atoms with Crippen LogP contribution in [0.15, 0.2) is 46.9 Å². The number of aryl methyl sites for hydroxylation is 1. The molecule has 0 aliphatic rings. The third-order valence-corrected chi connectivity index (χ3v) is 4.53. The van der Waals surface area contributed by atoms with Crippen molar-refractivity contribution in [3.63, 3.8) is 0 Å². The van der Waals surface area contributed by atoms with Crippen LogP contribution in [0.3, 0.4) is 0 Å². The summed E-state index contributed by atoms with van der Waals surface area (Å²) >= 11 is 9.88. The Morgan fingerprint density at radius 2 is 1.86 bits per heavy atom. The minimum Gasteiger partial charge on any atom is -0.309 e. The Bertz CT molecular complexity index is 580. The predicted molar refractivity (Wildman–Crippen MR) is 95.1 cm³/mol. The van der Waals surface area contributed by atoms with E-state index in [2.05, 4.69) is 58.5 Å². The van der Waals surface area contributed by atoms with Gasteiger partial charge in [0.05, 0.1) is 6.04 Å². The quantitative estimate of drug-likeness (QED) is 0.686. The maximum absolute atomic E-state index is 6.36. The summed E-state index contributed by atoms with van der Waals surface area (Å²) in [4.78, 5) is 0. The Labute approximate surface area is 140 Å². The zero-order chi connectivity index (χ0) is 15.2. The second-order valence-corrected chi connectivity index (χ2v) is 6.56. The van der Waals surface area contributed by atoms with Gasteiger partial charge in [-0.2, -0.15) is 0 Å². The Hall–Kier alpha value is -0.830. The summed E-state index contributed by atoms with van der Waals surface area (Å²) in [5.41, 5.74) is 3.73. The molecule has 0 heterocycles. The summed E-state index contributed by atoms with van der Waals surface area (Å²) in [5.74, 6) is 0. The lowest BCUT2D eigenvalue weighted by molar-refractivity contribution is 0.691. The fourth-order valence-corrected chi connectivity index (χ4v) is 3.10. The van der Waals surface area contributed by atoms with Crippen molar-refractivity contribution in [1.82, 2.24) is 5.32 Å². The number of unbranched alkanes of at least 4 members (excludes halogenated alkanes) is 1. The van der Waals surface area contributed by atoms with Crippen LogP contribution in [0.1, 0.15) is 42.5 Å². The number of rotatable bonds is 6. The van der Waals surface area contributed by atoms with Crippen molar-refractivity contribution in [2.24, 2.45) is 0 Å². The third kappa shape index (κ3) is 4.32. The molecule has 0 saturated heterocycles. The Kier molecular flexibility index (Phi) is 6.28. The molecule has 112 valence electrons. The van der Waals surface area contributed by atoms with Gasteiger partial charge in [0.1, 0.15) is 0 Å². The Balaban J connectivity index is 2.26. The van der Waals surface area contributed by atoms with Crippen molar-refractivity contribution in [2.75, 3.05) is 7.05 Å². The van der Waals surface area contributed by atoms with E-state index in [0.29, 0.717) is 0 Å². The van der Waals surface area contributed by atoms with Crippen LogP contribution in [0.4, 0.5) is 0 Å². The minimum atomic E-state index is 0.107. The molecule has 2 aromatic carbocycles. The van der Waals surface area contributed by atoms with Gasteiger partial charge >= 0.3 is 0 Å². The van der Waals surface area contributed by atoms with Gasteiger partial charge in [0, 0.05) is 9.50 Å². The molecule has 1 nitrogen and oxygen atoms in total. The molecule has 0 spiro atoms. The molecule has 21 heavy (non-hydrogen) atoms. The normalized spacial score (nSPS) is 12.4. The fourth-order valence-electron chi connectivity index (χ4n) is 2.50. The van der Waals surface area contributed by atoms with E-state index in [4.69, 9.17) is 11.6 Å². The van der Waals surface area contributed by atoms with Crippen molar-refractivity contribution in [2.45, 2.75) is 32.2 Å². The number of benzene rings is 2. The summed E-state index contributed by atoms with van der Waals surface area (Å²) in [5, 5.41) is 4.14. The molecule has 0 radical (unpaired) electrons. The molecule has 2 rings (SSSR count). The molecule has 0 aliphatic carbocycles. The maximum atomic E-state index is 6.36. The summed E-state index contributed by atoms with van der Waals surface area (Å²) in [6, 6.07) is 14.9. The summed E-state index contributed by atoms with van der Waals surface area (Å²) in [7, 11) is 1.97. The van der Waals surface area contributed by atoms with Crippen molar-refractivity contribution in [1.29, 1.82) is 0 Å². The van der Waals surface area contributed by atoms with Crippen molar-refractivity contribution >= 4 is 27.5 Å². The number of nitrogens with one attached hydrogen (secondary N) is 1. The van der Waals surface area contributed by atoms with Crippen LogP contribution in [0.2, 0.25) is 5.02 Å². The van der Waals surface area contributed by atoms with Gasteiger partial charge in [-0.15, -0.1) is 0 Å². The van der Waals surface area contributed by atoms with Gasteiger partial charge in [0.25, 0.3) is 0 Å². The average molecular weight is 367 g/mol. The molecular weight excluding hydrogens is 346 g/mol. The average Bonchev–Trinajstić information content (AvgIpc) is 2.50. The molecule has 1 N–H and O–H groups in total. The summed E-state index contributed by atoms with van der Waals surface area (Å²) < 4.78 is 1.04. The molecule has 1 atom stereocenters. The fraction of sp³-hybridized carbons (Fsp3) is 0.333. The largest absolute Gasteiger partial charge is 0.309 e. The Morgan fingerprint density at radius 3 is 2.48 bits per heavy atom.